The molecule has 40 heavy (non-hydrogen) atoms. The van der Waals surface area contributed by atoms with Crippen LogP contribution in [0.3, 0.4) is 0 Å². The molecule has 0 aromatic heterocycles. The van der Waals surface area contributed by atoms with Gasteiger partial charge in [-0.3, -0.25) is 18.9 Å². The molecule has 2 aliphatic heterocycles. The van der Waals surface area contributed by atoms with Crippen molar-refractivity contribution in [3.63, 3.8) is 0 Å². The number of likely N-dealkylation sites (tertiary alicyclic amines) is 1. The van der Waals surface area contributed by atoms with Crippen molar-refractivity contribution >= 4 is 33.9 Å². The van der Waals surface area contributed by atoms with E-state index in [9.17, 15) is 37.3 Å². The summed E-state index contributed by atoms with van der Waals surface area (Å²) < 4.78 is 38.0. The fourth-order valence-electron chi connectivity index (χ4n) is 6.63. The molecule has 2 heterocycles. The smallest absolute Gasteiger partial charge is 0.407 e. The molecular formula is C26H42N4O9S. The van der Waals surface area contributed by atoms with E-state index >= 15 is 0 Å². The summed E-state index contributed by atoms with van der Waals surface area (Å²) in [6.07, 6.45) is 4.04. The number of aliphatic hydroxyl groups excluding tert-OH is 1. The molecule has 4 rings (SSSR count). The van der Waals surface area contributed by atoms with Crippen molar-refractivity contribution < 1.29 is 42.0 Å². The van der Waals surface area contributed by atoms with Gasteiger partial charge in [-0.05, 0) is 56.3 Å². The lowest BCUT2D eigenvalue weighted by Gasteiger charge is -2.41. The molecule has 226 valence electrons. The first kappa shape index (κ1) is 30.5. The maximum absolute atomic E-state index is 13.1. The number of alkyl carbamates (subject to hydrolysis) is 1. The molecule has 0 radical (unpaired) electrons. The van der Waals surface area contributed by atoms with E-state index in [0.29, 0.717) is 37.9 Å². The van der Waals surface area contributed by atoms with E-state index < -0.39 is 45.6 Å². The third-order valence-corrected chi connectivity index (χ3v) is 9.71. The molecule has 4 unspecified atom stereocenters. The minimum absolute atomic E-state index is 0.0116. The van der Waals surface area contributed by atoms with E-state index in [1.807, 2.05) is 18.7 Å². The first-order chi connectivity index (χ1) is 18.8. The maximum atomic E-state index is 13.1. The fourth-order valence-corrected chi connectivity index (χ4v) is 7.23. The molecule has 0 aromatic rings. The van der Waals surface area contributed by atoms with Gasteiger partial charge in [0.05, 0.1) is 12.6 Å². The van der Waals surface area contributed by atoms with Gasteiger partial charge in [-0.1, -0.05) is 20.3 Å². The SMILES string of the molecule is CC(C)C[C@H](NC(=O)OCC1CN(C(=O)C2CC3CCC2C3)C1)C(=O)N[C@@H](C[C@H]1CCNC1=O)C(O)S(=O)(=O)O. The van der Waals surface area contributed by atoms with Crippen molar-refractivity contribution in [2.75, 3.05) is 26.2 Å². The van der Waals surface area contributed by atoms with E-state index in [4.69, 9.17) is 4.74 Å². The maximum Gasteiger partial charge on any atom is 0.407 e. The number of hydrogen-bond donors (Lipinski definition) is 5. The van der Waals surface area contributed by atoms with Gasteiger partial charge < -0.3 is 30.7 Å². The Morgan fingerprint density at radius 2 is 1.85 bits per heavy atom. The topological polar surface area (TPSA) is 191 Å². The minimum Gasteiger partial charge on any atom is -0.449 e. The van der Waals surface area contributed by atoms with Gasteiger partial charge in [-0.25, -0.2) is 4.79 Å². The van der Waals surface area contributed by atoms with Crippen LogP contribution in [0.15, 0.2) is 0 Å². The van der Waals surface area contributed by atoms with Gasteiger partial charge >= 0.3 is 6.09 Å². The summed E-state index contributed by atoms with van der Waals surface area (Å²) in [6.45, 7) is 5.18. The second-order valence-corrected chi connectivity index (χ2v) is 13.9. The highest BCUT2D eigenvalue weighted by Gasteiger charge is 2.46. The molecule has 4 amide bonds. The van der Waals surface area contributed by atoms with Gasteiger partial charge in [0.1, 0.15) is 6.04 Å². The highest BCUT2D eigenvalue weighted by Crippen LogP contribution is 2.49. The van der Waals surface area contributed by atoms with Crippen molar-refractivity contribution in [3.8, 4) is 0 Å². The molecule has 14 heteroatoms. The average molecular weight is 587 g/mol. The van der Waals surface area contributed by atoms with Gasteiger partial charge in [-0.2, -0.15) is 8.42 Å². The molecule has 0 aromatic carbocycles. The van der Waals surface area contributed by atoms with Crippen molar-refractivity contribution in [1.29, 1.82) is 0 Å². The fraction of sp³-hybridized carbons (Fsp3) is 0.846. The molecule has 0 spiro atoms. The largest absolute Gasteiger partial charge is 0.449 e. The van der Waals surface area contributed by atoms with Crippen molar-refractivity contribution in [1.82, 2.24) is 20.9 Å². The Hall–Kier alpha value is -2.45. The standard InChI is InChI=1S/C26H42N4O9S/c1-14(2)7-20(23(32)28-21(25(34)40(36,37)38)10-18-5-6-27-22(18)31)29-26(35)39-13-16-11-30(12-16)24(33)19-9-15-3-4-17(19)8-15/h14-21,25,34H,3-13H2,1-2H3,(H,27,31)(H,28,32)(H,29,35)(H,36,37,38)/t15?,17?,18-,19?,20+,21+,25?/m1/s1. The molecular weight excluding hydrogens is 544 g/mol. The lowest BCUT2D eigenvalue weighted by molar-refractivity contribution is -0.144. The van der Waals surface area contributed by atoms with E-state index in [0.717, 1.165) is 19.3 Å². The number of nitrogens with one attached hydrogen (secondary N) is 3. The summed E-state index contributed by atoms with van der Waals surface area (Å²) in [7, 11) is -4.94. The number of nitrogens with zero attached hydrogens (tertiary/aromatic N) is 1. The third kappa shape index (κ3) is 7.43. The van der Waals surface area contributed by atoms with Crippen LogP contribution in [0, 0.1) is 35.5 Å². The van der Waals surface area contributed by atoms with Crippen molar-refractivity contribution in [3.05, 3.63) is 0 Å². The van der Waals surface area contributed by atoms with Crippen molar-refractivity contribution in [2.24, 2.45) is 35.5 Å². The van der Waals surface area contributed by atoms with Crippen LogP contribution < -0.4 is 16.0 Å². The highest BCUT2D eigenvalue weighted by atomic mass is 32.2. The summed E-state index contributed by atoms with van der Waals surface area (Å²) in [5, 5.41) is 17.7. The van der Waals surface area contributed by atoms with Crippen molar-refractivity contribution in [2.45, 2.75) is 76.3 Å². The first-order valence-electron chi connectivity index (χ1n) is 14.3. The van der Waals surface area contributed by atoms with Gasteiger partial charge in [-0.15, -0.1) is 0 Å². The molecule has 2 saturated heterocycles. The normalized spacial score (nSPS) is 28.5. The van der Waals surface area contributed by atoms with Crippen LogP contribution in [0.25, 0.3) is 0 Å². The number of carbonyl (C=O) groups is 4. The predicted molar refractivity (Wildman–Crippen MR) is 142 cm³/mol. The number of hydrogen-bond acceptors (Lipinski definition) is 8. The summed E-state index contributed by atoms with van der Waals surface area (Å²) in [6, 6.07) is -2.59. The van der Waals surface area contributed by atoms with Crippen LogP contribution in [0.5, 0.6) is 0 Å². The van der Waals surface area contributed by atoms with Crippen LogP contribution in [-0.2, 0) is 29.2 Å². The zero-order valence-corrected chi connectivity index (χ0v) is 23.9. The predicted octanol–water partition coefficient (Wildman–Crippen LogP) is 0.239. The van der Waals surface area contributed by atoms with Gasteiger partial charge in [0, 0.05) is 37.4 Å². The Labute approximate surface area is 234 Å². The summed E-state index contributed by atoms with van der Waals surface area (Å²) >= 11 is 0. The van der Waals surface area contributed by atoms with Crippen LogP contribution in [0.4, 0.5) is 4.79 Å². The molecule has 5 N–H and O–H groups in total. The second-order valence-electron chi connectivity index (χ2n) is 12.3. The highest BCUT2D eigenvalue weighted by molar-refractivity contribution is 7.86. The van der Waals surface area contributed by atoms with Crippen LogP contribution >= 0.6 is 0 Å². The number of rotatable bonds is 12. The van der Waals surface area contributed by atoms with E-state index in [1.165, 1.54) is 6.42 Å². The Morgan fingerprint density at radius 3 is 2.40 bits per heavy atom. The molecule has 2 saturated carbocycles. The second kappa shape index (κ2) is 12.6. The van der Waals surface area contributed by atoms with Gasteiger partial charge in [0.25, 0.3) is 10.1 Å². The Balaban J connectivity index is 1.27. The van der Waals surface area contributed by atoms with Crippen LogP contribution in [0.2, 0.25) is 0 Å². The Kier molecular flexibility index (Phi) is 9.61. The third-order valence-electron chi connectivity index (χ3n) is 8.77. The summed E-state index contributed by atoms with van der Waals surface area (Å²) in [4.78, 5) is 52.3. The Morgan fingerprint density at radius 1 is 1.12 bits per heavy atom. The average Bonchev–Trinajstić information content (AvgIpc) is 3.58. The van der Waals surface area contributed by atoms with Gasteiger partial charge in [0.2, 0.25) is 23.2 Å². The molecule has 13 nitrogen and oxygen atoms in total. The van der Waals surface area contributed by atoms with Crippen LogP contribution in [-0.4, -0.2) is 90.6 Å². The Bertz CT molecular complexity index is 1080. The van der Waals surface area contributed by atoms with Gasteiger partial charge in [0.15, 0.2) is 0 Å². The zero-order chi connectivity index (χ0) is 29.2. The number of aliphatic hydroxyl groups is 1. The monoisotopic (exact) mass is 586 g/mol. The lowest BCUT2D eigenvalue weighted by atomic mass is 9.86. The summed E-state index contributed by atoms with van der Waals surface area (Å²) in [5.74, 6) is -0.262. The van der Waals surface area contributed by atoms with Crippen LogP contribution in [0.1, 0.15) is 58.8 Å². The minimum atomic E-state index is -4.94. The number of carbonyl (C=O) groups excluding carboxylic acids is 4. The lowest BCUT2D eigenvalue weighted by Crippen LogP contribution is -2.56. The van der Waals surface area contributed by atoms with E-state index in [-0.39, 0.29) is 49.0 Å². The molecule has 2 aliphatic carbocycles. The number of fused-ring (bicyclic) bond motifs is 2. The first-order valence-corrected chi connectivity index (χ1v) is 15.8. The number of ether oxygens (including phenoxy) is 1. The molecule has 7 atom stereocenters. The van der Waals surface area contributed by atoms with E-state index in [2.05, 4.69) is 16.0 Å². The molecule has 2 bridgehead atoms. The molecule has 4 fully saturated rings. The quantitative estimate of drug-likeness (QED) is 0.199. The zero-order valence-electron chi connectivity index (χ0n) is 23.1. The number of amides is 4. The summed E-state index contributed by atoms with van der Waals surface area (Å²) in [5.41, 5.74) is -2.35. The molecule has 4 aliphatic rings. The van der Waals surface area contributed by atoms with E-state index in [1.54, 1.807) is 0 Å².